The number of benzene rings is 3. The van der Waals surface area contributed by atoms with Gasteiger partial charge in [-0.15, -0.1) is 0 Å². The molecule has 23 heavy (non-hydrogen) atoms. The van der Waals surface area contributed by atoms with E-state index < -0.39 is 0 Å². The van der Waals surface area contributed by atoms with Crippen LogP contribution in [-0.2, 0) is 0 Å². The predicted octanol–water partition coefficient (Wildman–Crippen LogP) is 4.40. The first-order valence-electron chi connectivity index (χ1n) is 7.39. The van der Waals surface area contributed by atoms with Crippen LogP contribution in [0.25, 0.3) is 32.9 Å². The molecule has 0 amide bonds. The van der Waals surface area contributed by atoms with E-state index >= 15 is 0 Å². The van der Waals surface area contributed by atoms with E-state index in [2.05, 4.69) is 34.5 Å². The molecule has 4 rings (SSSR count). The molecule has 0 aliphatic carbocycles. The Morgan fingerprint density at radius 3 is 2.30 bits per heavy atom. The Labute approximate surface area is 133 Å². The topological polar surface area (TPSA) is 47.1 Å². The van der Waals surface area contributed by atoms with Crippen LogP contribution in [0.2, 0.25) is 0 Å². The molecular formula is C19H16N2O2. The molecule has 1 aromatic heterocycles. The zero-order chi connectivity index (χ0) is 15.8. The van der Waals surface area contributed by atoms with Gasteiger partial charge in [-0.1, -0.05) is 24.3 Å². The molecule has 0 fully saturated rings. The van der Waals surface area contributed by atoms with Gasteiger partial charge in [0, 0.05) is 10.9 Å². The summed E-state index contributed by atoms with van der Waals surface area (Å²) in [4.78, 5) is 0. The van der Waals surface area contributed by atoms with Crippen molar-refractivity contribution in [2.45, 2.75) is 0 Å². The second kappa shape index (κ2) is 5.32. The van der Waals surface area contributed by atoms with E-state index in [0.717, 1.165) is 22.2 Å². The Morgan fingerprint density at radius 2 is 1.57 bits per heavy atom. The van der Waals surface area contributed by atoms with Gasteiger partial charge in [0.2, 0.25) is 0 Å². The molecule has 0 aliphatic heterocycles. The van der Waals surface area contributed by atoms with Gasteiger partial charge < -0.3 is 9.47 Å². The molecule has 3 aromatic carbocycles. The molecule has 0 unspecified atom stereocenters. The van der Waals surface area contributed by atoms with Gasteiger partial charge in [-0.05, 0) is 41.1 Å². The van der Waals surface area contributed by atoms with Crippen molar-refractivity contribution in [3.8, 4) is 22.8 Å². The quantitative estimate of drug-likeness (QED) is 0.610. The number of nitrogens with zero attached hydrogens (tertiary/aromatic N) is 1. The highest BCUT2D eigenvalue weighted by Crippen LogP contribution is 2.35. The fraction of sp³-hybridized carbons (Fsp3) is 0.105. The van der Waals surface area contributed by atoms with Crippen LogP contribution in [0.5, 0.6) is 11.5 Å². The van der Waals surface area contributed by atoms with Crippen LogP contribution in [0, 0.1) is 0 Å². The lowest BCUT2D eigenvalue weighted by atomic mass is 10.0. The van der Waals surface area contributed by atoms with Gasteiger partial charge in [-0.25, -0.2) is 0 Å². The number of aromatic amines is 1. The molecule has 0 bridgehead atoms. The van der Waals surface area contributed by atoms with Crippen LogP contribution in [0.1, 0.15) is 0 Å². The minimum absolute atomic E-state index is 0.696. The number of hydrogen-bond acceptors (Lipinski definition) is 3. The van der Waals surface area contributed by atoms with Gasteiger partial charge in [-0.3, -0.25) is 5.10 Å². The Kier molecular flexibility index (Phi) is 3.15. The molecule has 0 spiro atoms. The van der Waals surface area contributed by atoms with Crippen LogP contribution in [0.15, 0.2) is 54.6 Å². The lowest BCUT2D eigenvalue weighted by molar-refractivity contribution is 0.355. The maximum Gasteiger partial charge on any atom is 0.161 e. The molecule has 4 heteroatoms. The zero-order valence-electron chi connectivity index (χ0n) is 13.0. The first-order valence-corrected chi connectivity index (χ1v) is 7.39. The number of rotatable bonds is 3. The SMILES string of the molecule is COc1ccc(-c2n[nH]c3cc4ccccc4cc23)cc1OC. The third-order valence-corrected chi connectivity index (χ3v) is 4.09. The Hall–Kier alpha value is -3.01. The minimum atomic E-state index is 0.696. The fourth-order valence-corrected chi connectivity index (χ4v) is 2.91. The molecular weight excluding hydrogens is 288 g/mol. The number of fused-ring (bicyclic) bond motifs is 2. The zero-order valence-corrected chi connectivity index (χ0v) is 13.0. The van der Waals surface area contributed by atoms with E-state index in [1.54, 1.807) is 14.2 Å². The normalized spacial score (nSPS) is 11.0. The smallest absolute Gasteiger partial charge is 0.161 e. The number of H-pyrrole nitrogens is 1. The first kappa shape index (κ1) is 13.6. The number of nitrogens with one attached hydrogen (secondary N) is 1. The Morgan fingerprint density at radius 1 is 0.826 bits per heavy atom. The average Bonchev–Trinajstić information content (AvgIpc) is 3.01. The summed E-state index contributed by atoms with van der Waals surface area (Å²) >= 11 is 0. The van der Waals surface area contributed by atoms with Gasteiger partial charge >= 0.3 is 0 Å². The highest BCUT2D eigenvalue weighted by Gasteiger charge is 2.12. The highest BCUT2D eigenvalue weighted by molar-refractivity contribution is 6.02. The maximum atomic E-state index is 5.39. The van der Waals surface area contributed by atoms with Crippen molar-refractivity contribution >= 4 is 21.7 Å². The van der Waals surface area contributed by atoms with E-state index in [9.17, 15) is 0 Å². The summed E-state index contributed by atoms with van der Waals surface area (Å²) in [6.45, 7) is 0. The van der Waals surface area contributed by atoms with Crippen LogP contribution < -0.4 is 9.47 Å². The summed E-state index contributed by atoms with van der Waals surface area (Å²) in [7, 11) is 3.27. The highest BCUT2D eigenvalue weighted by atomic mass is 16.5. The maximum absolute atomic E-state index is 5.39. The number of ether oxygens (including phenoxy) is 2. The van der Waals surface area contributed by atoms with Gasteiger partial charge in [0.1, 0.15) is 5.69 Å². The van der Waals surface area contributed by atoms with Crippen molar-refractivity contribution in [2.24, 2.45) is 0 Å². The van der Waals surface area contributed by atoms with Crippen LogP contribution in [-0.4, -0.2) is 24.4 Å². The van der Waals surface area contributed by atoms with Crippen molar-refractivity contribution in [3.63, 3.8) is 0 Å². The van der Waals surface area contributed by atoms with Gasteiger partial charge in [0.05, 0.1) is 19.7 Å². The number of hydrogen-bond donors (Lipinski definition) is 1. The monoisotopic (exact) mass is 304 g/mol. The molecule has 0 radical (unpaired) electrons. The van der Waals surface area contributed by atoms with E-state index in [-0.39, 0.29) is 0 Å². The first-order chi connectivity index (χ1) is 11.3. The van der Waals surface area contributed by atoms with Crippen LogP contribution in [0.4, 0.5) is 0 Å². The Balaban J connectivity index is 1.93. The van der Waals surface area contributed by atoms with Gasteiger partial charge in [0.15, 0.2) is 11.5 Å². The van der Waals surface area contributed by atoms with Crippen molar-refractivity contribution in [1.29, 1.82) is 0 Å². The number of methoxy groups -OCH3 is 2. The third kappa shape index (κ3) is 2.19. The molecule has 114 valence electrons. The van der Waals surface area contributed by atoms with Crippen molar-refractivity contribution in [3.05, 3.63) is 54.6 Å². The average molecular weight is 304 g/mol. The van der Waals surface area contributed by atoms with E-state index in [4.69, 9.17) is 9.47 Å². The molecule has 0 aliphatic rings. The lowest BCUT2D eigenvalue weighted by Crippen LogP contribution is -1.91. The molecule has 4 aromatic rings. The summed E-state index contributed by atoms with van der Waals surface area (Å²) in [6.07, 6.45) is 0. The van der Waals surface area contributed by atoms with E-state index in [1.165, 1.54) is 10.8 Å². The standard InChI is InChI=1S/C19H16N2O2/c1-22-17-8-7-14(11-18(17)23-2)19-15-9-12-5-3-4-6-13(12)10-16(15)20-21-19/h3-11H,1-2H3,(H,20,21). The molecule has 4 nitrogen and oxygen atoms in total. The van der Waals surface area contributed by atoms with Gasteiger partial charge in [0.25, 0.3) is 0 Å². The lowest BCUT2D eigenvalue weighted by Gasteiger charge is -2.08. The van der Waals surface area contributed by atoms with Crippen LogP contribution >= 0.6 is 0 Å². The summed E-state index contributed by atoms with van der Waals surface area (Å²) in [5, 5.41) is 11.1. The number of aromatic nitrogens is 2. The van der Waals surface area contributed by atoms with Crippen molar-refractivity contribution < 1.29 is 9.47 Å². The summed E-state index contributed by atoms with van der Waals surface area (Å²) in [5.74, 6) is 1.41. The van der Waals surface area contributed by atoms with E-state index in [0.29, 0.717) is 11.5 Å². The fourth-order valence-electron chi connectivity index (χ4n) is 2.91. The minimum Gasteiger partial charge on any atom is -0.493 e. The second-order valence-electron chi connectivity index (χ2n) is 5.39. The molecule has 0 saturated heterocycles. The molecule has 0 atom stereocenters. The summed E-state index contributed by atoms with van der Waals surface area (Å²) < 4.78 is 10.7. The summed E-state index contributed by atoms with van der Waals surface area (Å²) in [6, 6.07) is 18.4. The summed E-state index contributed by atoms with van der Waals surface area (Å²) in [5.41, 5.74) is 2.92. The van der Waals surface area contributed by atoms with Gasteiger partial charge in [-0.2, -0.15) is 5.10 Å². The van der Waals surface area contributed by atoms with E-state index in [1.807, 2.05) is 30.3 Å². The largest absolute Gasteiger partial charge is 0.493 e. The van der Waals surface area contributed by atoms with Crippen molar-refractivity contribution in [1.82, 2.24) is 10.2 Å². The second-order valence-corrected chi connectivity index (χ2v) is 5.39. The Bertz CT molecular complexity index is 1000. The van der Waals surface area contributed by atoms with Crippen LogP contribution in [0.3, 0.4) is 0 Å². The van der Waals surface area contributed by atoms with Crippen molar-refractivity contribution in [2.75, 3.05) is 14.2 Å². The molecule has 1 N–H and O–H groups in total. The third-order valence-electron chi connectivity index (χ3n) is 4.09. The predicted molar refractivity (Wildman–Crippen MR) is 92.1 cm³/mol. The molecule has 0 saturated carbocycles. The molecule has 1 heterocycles.